The standard InChI is InChI=1S/C15H15NO4/c17-14(18)8-13(15(19)20)16-9-11-6-3-5-10-4-1-2-7-12(10)11/h1-7,13,16H,8-9H2,(H,17,18)(H,19,20). The molecular formula is C15H15NO4. The molecule has 20 heavy (non-hydrogen) atoms. The van der Waals surface area contributed by atoms with Gasteiger partial charge in [-0.1, -0.05) is 42.5 Å². The lowest BCUT2D eigenvalue weighted by atomic mass is 10.0. The topological polar surface area (TPSA) is 86.6 Å². The smallest absolute Gasteiger partial charge is 0.321 e. The Morgan fingerprint density at radius 1 is 1.05 bits per heavy atom. The van der Waals surface area contributed by atoms with Gasteiger partial charge < -0.3 is 10.2 Å². The van der Waals surface area contributed by atoms with E-state index in [0.717, 1.165) is 16.3 Å². The number of aliphatic carboxylic acids is 2. The molecule has 2 rings (SSSR count). The Bertz CT molecular complexity index is 633. The van der Waals surface area contributed by atoms with E-state index in [9.17, 15) is 9.59 Å². The molecule has 0 amide bonds. The Kier molecular flexibility index (Phi) is 4.32. The van der Waals surface area contributed by atoms with E-state index in [1.807, 2.05) is 42.5 Å². The number of rotatable bonds is 6. The molecule has 2 aromatic rings. The monoisotopic (exact) mass is 273 g/mol. The molecule has 0 aromatic heterocycles. The van der Waals surface area contributed by atoms with E-state index < -0.39 is 24.4 Å². The minimum atomic E-state index is -1.16. The highest BCUT2D eigenvalue weighted by Crippen LogP contribution is 2.18. The molecule has 5 nitrogen and oxygen atoms in total. The maximum absolute atomic E-state index is 11.0. The van der Waals surface area contributed by atoms with Gasteiger partial charge in [-0.3, -0.25) is 14.9 Å². The molecule has 5 heteroatoms. The quantitative estimate of drug-likeness (QED) is 0.747. The molecule has 0 spiro atoms. The van der Waals surface area contributed by atoms with Crippen molar-refractivity contribution in [1.82, 2.24) is 5.32 Å². The van der Waals surface area contributed by atoms with Crippen molar-refractivity contribution < 1.29 is 19.8 Å². The lowest BCUT2D eigenvalue weighted by Gasteiger charge is -2.13. The third kappa shape index (κ3) is 3.33. The molecule has 0 radical (unpaired) electrons. The molecule has 0 aliphatic heterocycles. The molecule has 0 saturated heterocycles. The first kappa shape index (κ1) is 14.0. The van der Waals surface area contributed by atoms with Crippen molar-refractivity contribution in [1.29, 1.82) is 0 Å². The lowest BCUT2D eigenvalue weighted by molar-refractivity contribution is -0.146. The van der Waals surface area contributed by atoms with Crippen LogP contribution in [0.4, 0.5) is 0 Å². The van der Waals surface area contributed by atoms with Crippen molar-refractivity contribution >= 4 is 22.7 Å². The van der Waals surface area contributed by atoms with Crippen LogP contribution in [0.5, 0.6) is 0 Å². The maximum atomic E-state index is 11.0. The summed E-state index contributed by atoms with van der Waals surface area (Å²) in [6.45, 7) is 0.311. The Morgan fingerprint density at radius 3 is 2.45 bits per heavy atom. The first-order valence-corrected chi connectivity index (χ1v) is 6.22. The summed E-state index contributed by atoms with van der Waals surface area (Å²) in [5.74, 6) is -2.30. The van der Waals surface area contributed by atoms with Crippen molar-refractivity contribution in [3.8, 4) is 0 Å². The van der Waals surface area contributed by atoms with Crippen molar-refractivity contribution in [2.24, 2.45) is 0 Å². The van der Waals surface area contributed by atoms with Gasteiger partial charge in [0.05, 0.1) is 6.42 Å². The summed E-state index contributed by atoms with van der Waals surface area (Å²) in [5, 5.41) is 22.6. The highest BCUT2D eigenvalue weighted by atomic mass is 16.4. The van der Waals surface area contributed by atoms with E-state index in [1.54, 1.807) is 0 Å². The minimum Gasteiger partial charge on any atom is -0.481 e. The second-order valence-electron chi connectivity index (χ2n) is 4.51. The van der Waals surface area contributed by atoms with Crippen molar-refractivity contribution in [2.45, 2.75) is 19.0 Å². The van der Waals surface area contributed by atoms with E-state index in [0.29, 0.717) is 6.54 Å². The molecule has 0 fully saturated rings. The van der Waals surface area contributed by atoms with Crippen LogP contribution in [-0.2, 0) is 16.1 Å². The third-order valence-corrected chi connectivity index (χ3v) is 3.10. The fourth-order valence-electron chi connectivity index (χ4n) is 2.10. The molecule has 1 unspecified atom stereocenters. The Labute approximate surface area is 115 Å². The van der Waals surface area contributed by atoms with E-state index in [4.69, 9.17) is 10.2 Å². The Morgan fingerprint density at radius 2 is 1.75 bits per heavy atom. The normalized spacial score (nSPS) is 12.2. The molecule has 2 aromatic carbocycles. The number of fused-ring (bicyclic) bond motifs is 1. The van der Waals surface area contributed by atoms with Crippen LogP contribution >= 0.6 is 0 Å². The molecule has 0 bridgehead atoms. The summed E-state index contributed by atoms with van der Waals surface area (Å²) < 4.78 is 0. The van der Waals surface area contributed by atoms with Gasteiger partial charge in [-0.05, 0) is 16.3 Å². The summed E-state index contributed by atoms with van der Waals surface area (Å²) in [7, 11) is 0. The van der Waals surface area contributed by atoms with Crippen molar-refractivity contribution in [3.63, 3.8) is 0 Å². The SMILES string of the molecule is O=C(O)CC(NCc1cccc2ccccc12)C(=O)O. The summed E-state index contributed by atoms with van der Waals surface area (Å²) in [6, 6.07) is 12.5. The predicted octanol–water partition coefficient (Wildman–Crippen LogP) is 1.86. The number of nitrogens with one attached hydrogen (secondary N) is 1. The molecule has 104 valence electrons. The number of carboxylic acids is 2. The summed E-state index contributed by atoms with van der Waals surface area (Å²) in [6.07, 6.45) is -0.444. The molecule has 3 N–H and O–H groups in total. The summed E-state index contributed by atoms with van der Waals surface area (Å²) in [4.78, 5) is 21.6. The van der Waals surface area contributed by atoms with Crippen LogP contribution in [-0.4, -0.2) is 28.2 Å². The van der Waals surface area contributed by atoms with Crippen molar-refractivity contribution in [2.75, 3.05) is 0 Å². The van der Waals surface area contributed by atoms with E-state index in [2.05, 4.69) is 5.32 Å². The number of carbonyl (C=O) groups is 2. The zero-order valence-corrected chi connectivity index (χ0v) is 10.7. The molecule has 0 heterocycles. The van der Waals surface area contributed by atoms with E-state index in [1.165, 1.54) is 0 Å². The van der Waals surface area contributed by atoms with Gasteiger partial charge in [0.2, 0.25) is 0 Å². The molecule has 0 aliphatic carbocycles. The second-order valence-corrected chi connectivity index (χ2v) is 4.51. The summed E-state index contributed by atoms with van der Waals surface area (Å²) >= 11 is 0. The number of benzene rings is 2. The van der Waals surface area contributed by atoms with Gasteiger partial charge in [-0.2, -0.15) is 0 Å². The zero-order chi connectivity index (χ0) is 14.5. The van der Waals surface area contributed by atoms with Crippen LogP contribution < -0.4 is 5.32 Å². The Hall–Kier alpha value is -2.40. The van der Waals surface area contributed by atoms with Crippen LogP contribution in [0.2, 0.25) is 0 Å². The van der Waals surface area contributed by atoms with Gasteiger partial charge in [0, 0.05) is 6.54 Å². The molecular weight excluding hydrogens is 258 g/mol. The summed E-state index contributed by atoms with van der Waals surface area (Å²) in [5.41, 5.74) is 0.944. The van der Waals surface area contributed by atoms with E-state index >= 15 is 0 Å². The molecule has 0 aliphatic rings. The average molecular weight is 273 g/mol. The van der Waals surface area contributed by atoms with Gasteiger partial charge in [-0.25, -0.2) is 0 Å². The number of hydrogen-bond donors (Lipinski definition) is 3. The third-order valence-electron chi connectivity index (χ3n) is 3.10. The first-order valence-electron chi connectivity index (χ1n) is 6.22. The van der Waals surface area contributed by atoms with Gasteiger partial charge in [0.1, 0.15) is 6.04 Å². The Balaban J connectivity index is 2.15. The first-order chi connectivity index (χ1) is 9.58. The number of carboxylic acid groups (broad SMARTS) is 2. The van der Waals surface area contributed by atoms with E-state index in [-0.39, 0.29) is 0 Å². The number of hydrogen-bond acceptors (Lipinski definition) is 3. The molecule has 0 saturated carbocycles. The fourth-order valence-corrected chi connectivity index (χ4v) is 2.10. The molecule has 1 atom stereocenters. The van der Waals surface area contributed by atoms with Gasteiger partial charge in [0.25, 0.3) is 0 Å². The lowest BCUT2D eigenvalue weighted by Crippen LogP contribution is -2.38. The predicted molar refractivity (Wildman–Crippen MR) is 74.5 cm³/mol. The van der Waals surface area contributed by atoms with Crippen LogP contribution in [0.15, 0.2) is 42.5 Å². The van der Waals surface area contributed by atoms with Crippen molar-refractivity contribution in [3.05, 3.63) is 48.0 Å². The van der Waals surface area contributed by atoms with Crippen LogP contribution in [0.25, 0.3) is 10.8 Å². The maximum Gasteiger partial charge on any atom is 0.321 e. The van der Waals surface area contributed by atoms with Crippen LogP contribution in [0.3, 0.4) is 0 Å². The largest absolute Gasteiger partial charge is 0.481 e. The highest BCUT2D eigenvalue weighted by molar-refractivity contribution is 5.85. The zero-order valence-electron chi connectivity index (χ0n) is 10.7. The fraction of sp³-hybridized carbons (Fsp3) is 0.200. The second kappa shape index (κ2) is 6.16. The minimum absolute atomic E-state index is 0.311. The van der Waals surface area contributed by atoms with Crippen LogP contribution in [0, 0.1) is 0 Å². The van der Waals surface area contributed by atoms with Gasteiger partial charge >= 0.3 is 11.9 Å². The highest BCUT2D eigenvalue weighted by Gasteiger charge is 2.20. The average Bonchev–Trinajstić information content (AvgIpc) is 2.42. The van der Waals surface area contributed by atoms with Gasteiger partial charge in [-0.15, -0.1) is 0 Å². The van der Waals surface area contributed by atoms with Crippen LogP contribution in [0.1, 0.15) is 12.0 Å². The van der Waals surface area contributed by atoms with Gasteiger partial charge in [0.15, 0.2) is 0 Å².